The molecule has 1 aromatic rings. The summed E-state index contributed by atoms with van der Waals surface area (Å²) < 4.78 is 0. The molecule has 0 saturated carbocycles. The first kappa shape index (κ1) is 18.3. The van der Waals surface area contributed by atoms with Crippen LogP contribution in [0.4, 0.5) is 0 Å². The minimum absolute atomic E-state index is 0. The number of hydrogen-bond acceptors (Lipinski definition) is 4. The number of nitrogens with one attached hydrogen (secondary N) is 2. The molecule has 1 fully saturated rings. The van der Waals surface area contributed by atoms with Gasteiger partial charge in [0.2, 0.25) is 5.91 Å². The van der Waals surface area contributed by atoms with E-state index in [9.17, 15) is 9.90 Å². The molecule has 0 bridgehead atoms. The SMILES string of the molecule is Cc1ccc(SCC(=O)NCC2CNCC2O)c(C)c1.Cl. The number of rotatable bonds is 5. The van der Waals surface area contributed by atoms with Crippen LogP contribution in [0.15, 0.2) is 23.1 Å². The second kappa shape index (κ2) is 8.63. The fourth-order valence-corrected chi connectivity index (χ4v) is 3.17. The Morgan fingerprint density at radius 1 is 1.43 bits per heavy atom. The van der Waals surface area contributed by atoms with Gasteiger partial charge in [0.15, 0.2) is 0 Å². The molecule has 1 amide bonds. The van der Waals surface area contributed by atoms with Gasteiger partial charge >= 0.3 is 0 Å². The highest BCUT2D eigenvalue weighted by molar-refractivity contribution is 8.00. The number of aliphatic hydroxyl groups excluding tert-OH is 1. The zero-order valence-corrected chi connectivity index (χ0v) is 14.0. The number of amides is 1. The highest BCUT2D eigenvalue weighted by Crippen LogP contribution is 2.22. The molecule has 2 rings (SSSR count). The number of aliphatic hydroxyl groups is 1. The van der Waals surface area contributed by atoms with E-state index < -0.39 is 0 Å². The van der Waals surface area contributed by atoms with Crippen molar-refractivity contribution in [2.75, 3.05) is 25.4 Å². The molecule has 0 radical (unpaired) electrons. The standard InChI is InChI=1S/C15H22N2O2S.ClH/c1-10-3-4-14(11(2)5-10)20-9-15(19)17-7-12-6-16-8-13(12)18;/h3-5,12-13,16,18H,6-9H2,1-2H3,(H,17,19);1H. The van der Waals surface area contributed by atoms with Crippen molar-refractivity contribution < 1.29 is 9.90 Å². The Morgan fingerprint density at radius 3 is 2.81 bits per heavy atom. The van der Waals surface area contributed by atoms with E-state index in [2.05, 4.69) is 42.7 Å². The molecular formula is C15H23ClN2O2S. The second-order valence-corrected chi connectivity index (χ2v) is 6.36. The zero-order valence-electron chi connectivity index (χ0n) is 12.4. The third-order valence-corrected chi connectivity index (χ3v) is 4.73. The van der Waals surface area contributed by atoms with Crippen molar-refractivity contribution in [3.63, 3.8) is 0 Å². The molecule has 6 heteroatoms. The summed E-state index contributed by atoms with van der Waals surface area (Å²) in [7, 11) is 0. The molecular weight excluding hydrogens is 308 g/mol. The van der Waals surface area contributed by atoms with E-state index in [0.29, 0.717) is 18.8 Å². The van der Waals surface area contributed by atoms with Crippen LogP contribution < -0.4 is 10.6 Å². The van der Waals surface area contributed by atoms with Crippen molar-refractivity contribution in [2.24, 2.45) is 5.92 Å². The van der Waals surface area contributed by atoms with E-state index >= 15 is 0 Å². The van der Waals surface area contributed by atoms with Crippen LogP contribution >= 0.6 is 24.2 Å². The summed E-state index contributed by atoms with van der Waals surface area (Å²) in [5, 5.41) is 15.7. The lowest BCUT2D eigenvalue weighted by Crippen LogP contribution is -2.35. The Hall–Kier alpha value is -0.750. The van der Waals surface area contributed by atoms with Gasteiger partial charge in [-0.2, -0.15) is 0 Å². The van der Waals surface area contributed by atoms with Crippen molar-refractivity contribution >= 4 is 30.1 Å². The summed E-state index contributed by atoms with van der Waals surface area (Å²) in [6, 6.07) is 6.25. The quantitative estimate of drug-likeness (QED) is 0.716. The molecule has 4 nitrogen and oxygen atoms in total. The van der Waals surface area contributed by atoms with Crippen molar-refractivity contribution in [3.8, 4) is 0 Å². The summed E-state index contributed by atoms with van der Waals surface area (Å²) in [6.45, 7) is 6.06. The van der Waals surface area contributed by atoms with Gasteiger partial charge in [0, 0.05) is 30.4 Å². The molecule has 1 heterocycles. The highest BCUT2D eigenvalue weighted by Gasteiger charge is 2.24. The maximum Gasteiger partial charge on any atom is 0.230 e. The summed E-state index contributed by atoms with van der Waals surface area (Å²) in [5.74, 6) is 0.569. The van der Waals surface area contributed by atoms with Gasteiger partial charge in [-0.1, -0.05) is 17.7 Å². The Kier molecular flexibility index (Phi) is 7.52. The van der Waals surface area contributed by atoms with Gasteiger partial charge in [-0.05, 0) is 25.5 Å². The predicted octanol–water partition coefficient (Wildman–Crippen LogP) is 1.51. The fraction of sp³-hybridized carbons (Fsp3) is 0.533. The van der Waals surface area contributed by atoms with Crippen LogP contribution in [-0.4, -0.2) is 42.5 Å². The maximum absolute atomic E-state index is 11.8. The normalized spacial score (nSPS) is 20.9. The molecule has 0 aromatic heterocycles. The lowest BCUT2D eigenvalue weighted by atomic mass is 10.1. The van der Waals surface area contributed by atoms with Crippen LogP contribution in [0.5, 0.6) is 0 Å². The number of β-amino-alcohol motifs (C(OH)–C–C–N with tert-alkyl or cyclic N) is 1. The first-order valence-corrected chi connectivity index (χ1v) is 7.90. The maximum atomic E-state index is 11.8. The Labute approximate surface area is 136 Å². The van der Waals surface area contributed by atoms with E-state index in [1.54, 1.807) is 11.8 Å². The van der Waals surface area contributed by atoms with Crippen LogP contribution in [-0.2, 0) is 4.79 Å². The van der Waals surface area contributed by atoms with Gasteiger partial charge in [-0.3, -0.25) is 4.79 Å². The molecule has 2 atom stereocenters. The molecule has 21 heavy (non-hydrogen) atoms. The number of aryl methyl sites for hydroxylation is 2. The summed E-state index contributed by atoms with van der Waals surface area (Å²) >= 11 is 1.56. The summed E-state index contributed by atoms with van der Waals surface area (Å²) in [4.78, 5) is 13.0. The number of carbonyl (C=O) groups is 1. The monoisotopic (exact) mass is 330 g/mol. The predicted molar refractivity (Wildman–Crippen MR) is 89.3 cm³/mol. The van der Waals surface area contributed by atoms with Crippen LogP contribution in [0, 0.1) is 19.8 Å². The Bertz CT molecular complexity index is 485. The molecule has 0 aliphatic carbocycles. The average Bonchev–Trinajstić information content (AvgIpc) is 2.81. The third-order valence-electron chi connectivity index (χ3n) is 3.55. The van der Waals surface area contributed by atoms with Crippen LogP contribution in [0.25, 0.3) is 0 Å². The van der Waals surface area contributed by atoms with Gasteiger partial charge in [-0.25, -0.2) is 0 Å². The molecule has 1 aliphatic rings. The van der Waals surface area contributed by atoms with Crippen LogP contribution in [0.3, 0.4) is 0 Å². The largest absolute Gasteiger partial charge is 0.391 e. The molecule has 3 N–H and O–H groups in total. The topological polar surface area (TPSA) is 61.4 Å². The van der Waals surface area contributed by atoms with E-state index in [1.165, 1.54) is 11.1 Å². The van der Waals surface area contributed by atoms with Gasteiger partial charge < -0.3 is 15.7 Å². The molecule has 1 aliphatic heterocycles. The summed E-state index contributed by atoms with van der Waals surface area (Å²) in [6.07, 6.45) is -0.345. The van der Waals surface area contributed by atoms with Gasteiger partial charge in [0.1, 0.15) is 0 Å². The first-order chi connectivity index (χ1) is 9.56. The van der Waals surface area contributed by atoms with Crippen LogP contribution in [0.2, 0.25) is 0 Å². The third kappa shape index (κ3) is 5.51. The molecule has 118 valence electrons. The van der Waals surface area contributed by atoms with E-state index in [-0.39, 0.29) is 30.3 Å². The molecule has 1 aromatic carbocycles. The number of benzene rings is 1. The lowest BCUT2D eigenvalue weighted by Gasteiger charge is -2.14. The van der Waals surface area contributed by atoms with Crippen LogP contribution in [0.1, 0.15) is 11.1 Å². The lowest BCUT2D eigenvalue weighted by molar-refractivity contribution is -0.118. The highest BCUT2D eigenvalue weighted by atomic mass is 35.5. The molecule has 1 saturated heterocycles. The molecule has 2 unspecified atom stereocenters. The van der Waals surface area contributed by atoms with Crippen molar-refractivity contribution in [1.29, 1.82) is 0 Å². The number of thioether (sulfide) groups is 1. The number of halogens is 1. The minimum atomic E-state index is -0.345. The van der Waals surface area contributed by atoms with Crippen molar-refractivity contribution in [1.82, 2.24) is 10.6 Å². The van der Waals surface area contributed by atoms with Gasteiger partial charge in [0.05, 0.1) is 11.9 Å². The van der Waals surface area contributed by atoms with E-state index in [1.807, 2.05) is 0 Å². The first-order valence-electron chi connectivity index (χ1n) is 6.92. The second-order valence-electron chi connectivity index (χ2n) is 5.35. The Balaban J connectivity index is 0.00000220. The molecule has 0 spiro atoms. The summed E-state index contributed by atoms with van der Waals surface area (Å²) in [5.41, 5.74) is 2.44. The number of hydrogen-bond donors (Lipinski definition) is 3. The fourth-order valence-electron chi connectivity index (χ4n) is 2.33. The van der Waals surface area contributed by atoms with Crippen molar-refractivity contribution in [3.05, 3.63) is 29.3 Å². The number of carbonyl (C=O) groups excluding carboxylic acids is 1. The minimum Gasteiger partial charge on any atom is -0.391 e. The Morgan fingerprint density at radius 2 is 2.19 bits per heavy atom. The zero-order chi connectivity index (χ0) is 14.5. The van der Waals surface area contributed by atoms with Gasteiger partial charge in [-0.15, -0.1) is 24.2 Å². The van der Waals surface area contributed by atoms with Gasteiger partial charge in [0.25, 0.3) is 0 Å². The van der Waals surface area contributed by atoms with E-state index in [0.717, 1.165) is 11.4 Å². The van der Waals surface area contributed by atoms with E-state index in [4.69, 9.17) is 0 Å². The smallest absolute Gasteiger partial charge is 0.230 e. The van der Waals surface area contributed by atoms with Crippen molar-refractivity contribution in [2.45, 2.75) is 24.8 Å². The average molecular weight is 331 g/mol.